The second-order valence-electron chi connectivity index (χ2n) is 3.76. The number of benzene rings is 1. The Kier molecular flexibility index (Phi) is 3.82. The monoisotopic (exact) mass is 272 g/mol. The highest BCUT2D eigenvalue weighted by Crippen LogP contribution is 2.31. The number of methoxy groups -OCH3 is 1. The first-order chi connectivity index (χ1) is 8.17. The van der Waals surface area contributed by atoms with Gasteiger partial charge in [0.05, 0.1) is 12.6 Å². The van der Waals surface area contributed by atoms with E-state index in [1.54, 1.807) is 7.11 Å². The van der Waals surface area contributed by atoms with Crippen molar-refractivity contribution in [2.75, 3.05) is 13.7 Å². The van der Waals surface area contributed by atoms with Crippen LogP contribution in [0.1, 0.15) is 10.5 Å². The molecular formula is C12H14Cl2N2O. The zero-order valence-electron chi connectivity index (χ0n) is 9.49. The standard InChI is InChI=1S/C12H14Cl2N2O/c1-17-9-2-3-11-10(6-9)8(4-5-15)7-16(11)12(13)14/h2-3,6-7,12H,4-5,15H2,1H3. The fourth-order valence-electron chi connectivity index (χ4n) is 1.95. The molecule has 92 valence electrons. The average Bonchev–Trinajstić information content (AvgIpc) is 2.68. The molecule has 0 unspecified atom stereocenters. The lowest BCUT2D eigenvalue weighted by molar-refractivity contribution is 0.415. The molecule has 0 fully saturated rings. The number of alkyl halides is 2. The van der Waals surface area contributed by atoms with Gasteiger partial charge in [-0.2, -0.15) is 0 Å². The molecule has 5 heteroatoms. The molecule has 0 radical (unpaired) electrons. The number of nitrogens with two attached hydrogens (primary N) is 1. The van der Waals surface area contributed by atoms with E-state index in [1.165, 1.54) is 0 Å². The maximum atomic E-state index is 5.94. The fourth-order valence-corrected chi connectivity index (χ4v) is 2.27. The van der Waals surface area contributed by atoms with E-state index >= 15 is 0 Å². The SMILES string of the molecule is COc1ccc2c(c1)c(CCN)cn2C(Cl)Cl. The van der Waals surface area contributed by atoms with E-state index in [9.17, 15) is 0 Å². The van der Waals surface area contributed by atoms with Crippen LogP contribution >= 0.6 is 23.2 Å². The summed E-state index contributed by atoms with van der Waals surface area (Å²) in [5, 5.41) is 1.08. The van der Waals surface area contributed by atoms with E-state index in [2.05, 4.69) is 0 Å². The topological polar surface area (TPSA) is 40.2 Å². The van der Waals surface area contributed by atoms with Crippen molar-refractivity contribution in [2.45, 2.75) is 11.4 Å². The van der Waals surface area contributed by atoms with E-state index in [0.29, 0.717) is 6.54 Å². The highest BCUT2D eigenvalue weighted by molar-refractivity contribution is 6.42. The molecule has 2 rings (SSSR count). The molecule has 0 atom stereocenters. The Labute approximate surface area is 110 Å². The van der Waals surface area contributed by atoms with Gasteiger partial charge in [0.2, 0.25) is 0 Å². The molecule has 2 aromatic rings. The Hall–Kier alpha value is -0.900. The maximum absolute atomic E-state index is 5.94. The number of aromatic nitrogens is 1. The molecule has 0 aliphatic heterocycles. The summed E-state index contributed by atoms with van der Waals surface area (Å²) in [5.41, 5.74) is 7.72. The van der Waals surface area contributed by atoms with Gasteiger partial charge in [-0.3, -0.25) is 0 Å². The number of hydrogen-bond acceptors (Lipinski definition) is 2. The summed E-state index contributed by atoms with van der Waals surface area (Å²) in [5.74, 6) is 0.814. The third-order valence-electron chi connectivity index (χ3n) is 2.75. The van der Waals surface area contributed by atoms with Crippen molar-refractivity contribution in [2.24, 2.45) is 5.73 Å². The van der Waals surface area contributed by atoms with E-state index in [4.69, 9.17) is 33.7 Å². The van der Waals surface area contributed by atoms with Gasteiger partial charge in [-0.15, -0.1) is 0 Å². The van der Waals surface area contributed by atoms with Gasteiger partial charge in [0, 0.05) is 11.6 Å². The Morgan fingerprint density at radius 2 is 2.18 bits per heavy atom. The first-order valence-electron chi connectivity index (χ1n) is 5.33. The second-order valence-corrected chi connectivity index (χ2v) is 4.81. The average molecular weight is 273 g/mol. The summed E-state index contributed by atoms with van der Waals surface area (Å²) in [4.78, 5) is -0.600. The summed E-state index contributed by atoms with van der Waals surface area (Å²) in [6, 6.07) is 5.82. The summed E-state index contributed by atoms with van der Waals surface area (Å²) in [6.07, 6.45) is 2.73. The number of ether oxygens (including phenoxy) is 1. The molecule has 2 N–H and O–H groups in total. The van der Waals surface area contributed by atoms with Crippen LogP contribution in [0.15, 0.2) is 24.4 Å². The minimum Gasteiger partial charge on any atom is -0.497 e. The quantitative estimate of drug-likeness (QED) is 0.869. The van der Waals surface area contributed by atoms with Gasteiger partial charge in [0.15, 0.2) is 4.96 Å². The van der Waals surface area contributed by atoms with Crippen molar-refractivity contribution in [3.63, 3.8) is 0 Å². The fraction of sp³-hybridized carbons (Fsp3) is 0.333. The van der Waals surface area contributed by atoms with Crippen molar-refractivity contribution in [3.05, 3.63) is 30.0 Å². The van der Waals surface area contributed by atoms with Crippen LogP contribution in [0.3, 0.4) is 0 Å². The van der Waals surface area contributed by atoms with Crippen LogP contribution in [0.4, 0.5) is 0 Å². The lowest BCUT2D eigenvalue weighted by Gasteiger charge is -2.05. The molecule has 0 aliphatic carbocycles. The van der Waals surface area contributed by atoms with Crippen LogP contribution in [0.25, 0.3) is 10.9 Å². The largest absolute Gasteiger partial charge is 0.497 e. The number of rotatable bonds is 4. The van der Waals surface area contributed by atoms with Crippen LogP contribution < -0.4 is 10.5 Å². The van der Waals surface area contributed by atoms with Crippen molar-refractivity contribution in [1.29, 1.82) is 0 Å². The van der Waals surface area contributed by atoms with Crippen molar-refractivity contribution < 1.29 is 4.74 Å². The molecular weight excluding hydrogens is 259 g/mol. The van der Waals surface area contributed by atoms with Crippen LogP contribution in [-0.4, -0.2) is 18.2 Å². The molecule has 0 bridgehead atoms. The minimum atomic E-state index is -0.600. The van der Waals surface area contributed by atoms with Gasteiger partial charge in [-0.25, -0.2) is 0 Å². The molecule has 17 heavy (non-hydrogen) atoms. The Morgan fingerprint density at radius 1 is 1.41 bits per heavy atom. The van der Waals surface area contributed by atoms with Gasteiger partial charge in [-0.1, -0.05) is 23.2 Å². The second kappa shape index (κ2) is 5.17. The summed E-state index contributed by atoms with van der Waals surface area (Å²) < 4.78 is 7.04. The van der Waals surface area contributed by atoms with E-state index < -0.39 is 4.96 Å². The van der Waals surface area contributed by atoms with Crippen LogP contribution in [-0.2, 0) is 6.42 Å². The molecule has 0 saturated heterocycles. The third-order valence-corrected chi connectivity index (χ3v) is 3.17. The Morgan fingerprint density at radius 3 is 2.76 bits per heavy atom. The lowest BCUT2D eigenvalue weighted by Crippen LogP contribution is -2.02. The molecule has 1 aromatic carbocycles. The molecule has 1 aromatic heterocycles. The highest BCUT2D eigenvalue weighted by Gasteiger charge is 2.12. The van der Waals surface area contributed by atoms with Gasteiger partial charge < -0.3 is 15.0 Å². The van der Waals surface area contributed by atoms with Crippen LogP contribution in [0, 0.1) is 0 Å². The summed E-state index contributed by atoms with van der Waals surface area (Å²) in [6.45, 7) is 0.589. The van der Waals surface area contributed by atoms with E-state index in [1.807, 2.05) is 29.0 Å². The highest BCUT2D eigenvalue weighted by atomic mass is 35.5. The molecule has 1 heterocycles. The maximum Gasteiger partial charge on any atom is 0.183 e. The third kappa shape index (κ3) is 2.37. The van der Waals surface area contributed by atoms with Gasteiger partial charge in [-0.05, 0) is 36.7 Å². The van der Waals surface area contributed by atoms with Crippen molar-refractivity contribution in [3.8, 4) is 5.75 Å². The zero-order chi connectivity index (χ0) is 12.4. The zero-order valence-corrected chi connectivity index (χ0v) is 11.0. The predicted molar refractivity (Wildman–Crippen MR) is 72.0 cm³/mol. The van der Waals surface area contributed by atoms with Crippen LogP contribution in [0.2, 0.25) is 0 Å². The first-order valence-corrected chi connectivity index (χ1v) is 6.20. The summed E-state index contributed by atoms with van der Waals surface area (Å²) in [7, 11) is 1.65. The first kappa shape index (κ1) is 12.6. The van der Waals surface area contributed by atoms with Gasteiger partial charge >= 0.3 is 0 Å². The summed E-state index contributed by atoms with van der Waals surface area (Å²) >= 11 is 11.9. The molecule has 0 spiro atoms. The van der Waals surface area contributed by atoms with E-state index in [0.717, 1.165) is 28.6 Å². The molecule has 0 saturated carbocycles. The lowest BCUT2D eigenvalue weighted by atomic mass is 10.1. The van der Waals surface area contributed by atoms with Gasteiger partial charge in [0.25, 0.3) is 0 Å². The smallest absolute Gasteiger partial charge is 0.183 e. The Bertz CT molecular complexity index is 522. The van der Waals surface area contributed by atoms with E-state index in [-0.39, 0.29) is 0 Å². The predicted octanol–water partition coefficient (Wildman–Crippen LogP) is 3.08. The van der Waals surface area contributed by atoms with Crippen LogP contribution in [0.5, 0.6) is 5.75 Å². The molecule has 3 nitrogen and oxygen atoms in total. The number of nitrogens with zero attached hydrogens (tertiary/aromatic N) is 1. The minimum absolute atomic E-state index is 0.589. The normalized spacial score (nSPS) is 11.4. The number of halogens is 2. The Balaban J connectivity index is 2.63. The van der Waals surface area contributed by atoms with Gasteiger partial charge in [0.1, 0.15) is 5.75 Å². The van der Waals surface area contributed by atoms with Crippen molar-refractivity contribution >= 4 is 34.1 Å². The van der Waals surface area contributed by atoms with Crippen molar-refractivity contribution in [1.82, 2.24) is 4.57 Å². The molecule has 0 aliphatic rings. The molecule has 0 amide bonds. The number of fused-ring (bicyclic) bond motifs is 1. The number of hydrogen-bond donors (Lipinski definition) is 1.